The Hall–Kier alpha value is -0.660. The summed E-state index contributed by atoms with van der Waals surface area (Å²) in [7, 11) is -3.13. The van der Waals surface area contributed by atoms with Gasteiger partial charge < -0.3 is 10.6 Å². The van der Waals surface area contributed by atoms with Crippen molar-refractivity contribution in [2.24, 2.45) is 11.8 Å². The number of amides is 1. The number of rotatable bonds is 7. The summed E-state index contributed by atoms with van der Waals surface area (Å²) in [6, 6.07) is 0. The van der Waals surface area contributed by atoms with Gasteiger partial charge in [0.05, 0.1) is 12.2 Å². The van der Waals surface area contributed by atoms with E-state index >= 15 is 0 Å². The zero-order valence-corrected chi connectivity index (χ0v) is 12.8. The van der Waals surface area contributed by atoms with Gasteiger partial charge in [0.2, 0.25) is 15.9 Å². The van der Waals surface area contributed by atoms with Gasteiger partial charge >= 0.3 is 0 Å². The molecule has 0 spiro atoms. The third-order valence-corrected chi connectivity index (χ3v) is 4.94. The second-order valence-corrected chi connectivity index (χ2v) is 7.12. The molecule has 0 saturated carbocycles. The minimum atomic E-state index is -3.13. The van der Waals surface area contributed by atoms with Crippen molar-refractivity contribution >= 4 is 15.9 Å². The van der Waals surface area contributed by atoms with Crippen molar-refractivity contribution < 1.29 is 13.2 Å². The van der Waals surface area contributed by atoms with Crippen LogP contribution in [0.3, 0.4) is 0 Å². The van der Waals surface area contributed by atoms with Crippen LogP contribution in [-0.4, -0.2) is 57.6 Å². The zero-order valence-electron chi connectivity index (χ0n) is 12.0. The summed E-state index contributed by atoms with van der Waals surface area (Å²) in [6.45, 7) is 6.93. The second kappa shape index (κ2) is 7.21. The lowest BCUT2D eigenvalue weighted by atomic mass is 9.97. The lowest BCUT2D eigenvalue weighted by Gasteiger charge is -2.18. The van der Waals surface area contributed by atoms with E-state index in [-0.39, 0.29) is 11.8 Å². The Kier molecular flexibility index (Phi) is 6.22. The highest BCUT2D eigenvalue weighted by Crippen LogP contribution is 2.15. The van der Waals surface area contributed by atoms with Gasteiger partial charge in [0, 0.05) is 26.2 Å². The first-order valence-corrected chi connectivity index (χ1v) is 8.64. The number of nitrogens with zero attached hydrogens (tertiary/aromatic N) is 1. The van der Waals surface area contributed by atoms with E-state index in [4.69, 9.17) is 0 Å². The Labute approximate surface area is 116 Å². The smallest absolute Gasteiger partial charge is 0.224 e. The van der Waals surface area contributed by atoms with Gasteiger partial charge in [-0.15, -0.1) is 0 Å². The van der Waals surface area contributed by atoms with Gasteiger partial charge in [-0.3, -0.25) is 4.79 Å². The Morgan fingerprint density at radius 1 is 1.42 bits per heavy atom. The predicted octanol–water partition coefficient (Wildman–Crippen LogP) is -0.370. The summed E-state index contributed by atoms with van der Waals surface area (Å²) in [5, 5.41) is 6.08. The molecule has 1 aliphatic heterocycles. The Morgan fingerprint density at radius 3 is 2.58 bits per heavy atom. The normalized spacial score (nSPS) is 23.8. The number of hydrogen-bond donors (Lipinski definition) is 2. The molecule has 2 N–H and O–H groups in total. The van der Waals surface area contributed by atoms with E-state index in [1.807, 2.05) is 6.92 Å². The average Bonchev–Trinajstić information content (AvgIpc) is 2.73. The van der Waals surface area contributed by atoms with Gasteiger partial charge in [-0.25, -0.2) is 12.7 Å². The van der Waals surface area contributed by atoms with Crippen molar-refractivity contribution in [2.45, 2.75) is 20.3 Å². The molecule has 1 aliphatic rings. The van der Waals surface area contributed by atoms with Crippen LogP contribution in [0.15, 0.2) is 0 Å². The molecule has 19 heavy (non-hydrogen) atoms. The van der Waals surface area contributed by atoms with E-state index in [1.54, 1.807) is 0 Å². The van der Waals surface area contributed by atoms with Crippen LogP contribution in [0, 0.1) is 11.8 Å². The Morgan fingerprint density at radius 2 is 2.11 bits per heavy atom. The molecule has 7 heteroatoms. The molecule has 0 aromatic rings. The van der Waals surface area contributed by atoms with Crippen molar-refractivity contribution in [1.29, 1.82) is 0 Å². The molecule has 0 bridgehead atoms. The molecular formula is C12H25N3O3S. The van der Waals surface area contributed by atoms with Crippen molar-refractivity contribution in [3.63, 3.8) is 0 Å². The van der Waals surface area contributed by atoms with Gasteiger partial charge in [-0.2, -0.15) is 0 Å². The van der Waals surface area contributed by atoms with E-state index in [2.05, 4.69) is 17.6 Å². The van der Waals surface area contributed by atoms with Crippen molar-refractivity contribution in [3.8, 4) is 0 Å². The lowest BCUT2D eigenvalue weighted by molar-refractivity contribution is -0.125. The zero-order chi connectivity index (χ0) is 14.5. The van der Waals surface area contributed by atoms with Crippen LogP contribution in [0.4, 0.5) is 0 Å². The van der Waals surface area contributed by atoms with Gasteiger partial charge in [0.25, 0.3) is 0 Å². The highest BCUT2D eigenvalue weighted by atomic mass is 32.2. The molecule has 0 radical (unpaired) electrons. The third-order valence-electron chi connectivity index (χ3n) is 3.56. The summed E-state index contributed by atoms with van der Waals surface area (Å²) >= 11 is 0. The summed E-state index contributed by atoms with van der Waals surface area (Å²) in [4.78, 5) is 11.9. The molecule has 6 nitrogen and oxygen atoms in total. The average molecular weight is 291 g/mol. The minimum absolute atomic E-state index is 0.0391. The summed E-state index contributed by atoms with van der Waals surface area (Å²) < 4.78 is 24.2. The first kappa shape index (κ1) is 16.4. The van der Waals surface area contributed by atoms with Crippen LogP contribution < -0.4 is 10.6 Å². The quantitative estimate of drug-likeness (QED) is 0.627. The highest BCUT2D eigenvalue weighted by molar-refractivity contribution is 7.88. The molecule has 1 rings (SSSR count). The maximum absolute atomic E-state index is 11.9. The van der Waals surface area contributed by atoms with Crippen molar-refractivity contribution in [3.05, 3.63) is 0 Å². The highest BCUT2D eigenvalue weighted by Gasteiger charge is 2.29. The van der Waals surface area contributed by atoms with Crippen LogP contribution >= 0.6 is 0 Å². The van der Waals surface area contributed by atoms with Gasteiger partial charge in [0.15, 0.2) is 0 Å². The van der Waals surface area contributed by atoms with E-state index in [0.717, 1.165) is 13.1 Å². The SMILES string of the molecule is CCN(CCCNC(=O)C1CNCC1C)S(C)(=O)=O. The third kappa shape index (κ3) is 5.08. The van der Waals surface area contributed by atoms with Crippen LogP contribution in [0.2, 0.25) is 0 Å². The molecular weight excluding hydrogens is 266 g/mol. The van der Waals surface area contributed by atoms with Crippen LogP contribution in [0.1, 0.15) is 20.3 Å². The van der Waals surface area contributed by atoms with Gasteiger partial charge in [-0.1, -0.05) is 13.8 Å². The minimum Gasteiger partial charge on any atom is -0.356 e. The van der Waals surface area contributed by atoms with Crippen LogP contribution in [0.25, 0.3) is 0 Å². The fourth-order valence-corrected chi connectivity index (χ4v) is 3.25. The molecule has 1 heterocycles. The first-order valence-electron chi connectivity index (χ1n) is 6.79. The molecule has 1 amide bonds. The van der Waals surface area contributed by atoms with Crippen LogP contribution in [-0.2, 0) is 14.8 Å². The molecule has 0 aromatic carbocycles. The monoisotopic (exact) mass is 291 g/mol. The summed E-state index contributed by atoms with van der Waals surface area (Å²) in [5.74, 6) is 0.472. The topological polar surface area (TPSA) is 78.5 Å². The van der Waals surface area contributed by atoms with Crippen molar-refractivity contribution in [2.75, 3.05) is 39.0 Å². The standard InChI is InChI=1S/C12H25N3O3S/c1-4-15(19(3,17)18)7-5-6-14-12(16)11-9-13-8-10(11)2/h10-11,13H,4-9H2,1-3H3,(H,14,16). The Bertz CT molecular complexity index is 397. The molecule has 0 aromatic heterocycles. The number of carbonyl (C=O) groups is 1. The predicted molar refractivity (Wildman–Crippen MR) is 75.2 cm³/mol. The molecule has 1 fully saturated rings. The molecule has 2 atom stereocenters. The van der Waals surface area contributed by atoms with Gasteiger partial charge in [-0.05, 0) is 18.9 Å². The van der Waals surface area contributed by atoms with E-state index in [1.165, 1.54) is 10.6 Å². The molecule has 0 aliphatic carbocycles. The van der Waals surface area contributed by atoms with E-state index in [0.29, 0.717) is 32.0 Å². The number of nitrogens with one attached hydrogen (secondary N) is 2. The molecule has 112 valence electrons. The fourth-order valence-electron chi connectivity index (χ4n) is 2.32. The first-order chi connectivity index (χ1) is 8.86. The van der Waals surface area contributed by atoms with E-state index < -0.39 is 10.0 Å². The fraction of sp³-hybridized carbons (Fsp3) is 0.917. The lowest BCUT2D eigenvalue weighted by Crippen LogP contribution is -2.37. The second-order valence-electron chi connectivity index (χ2n) is 5.14. The van der Waals surface area contributed by atoms with E-state index in [9.17, 15) is 13.2 Å². The number of carbonyl (C=O) groups excluding carboxylic acids is 1. The maximum Gasteiger partial charge on any atom is 0.224 e. The number of hydrogen-bond acceptors (Lipinski definition) is 4. The van der Waals surface area contributed by atoms with Crippen LogP contribution in [0.5, 0.6) is 0 Å². The summed E-state index contributed by atoms with van der Waals surface area (Å²) in [6.07, 6.45) is 1.85. The summed E-state index contributed by atoms with van der Waals surface area (Å²) in [5.41, 5.74) is 0. The molecule has 1 saturated heterocycles. The maximum atomic E-state index is 11.9. The van der Waals surface area contributed by atoms with Gasteiger partial charge in [0.1, 0.15) is 0 Å². The van der Waals surface area contributed by atoms with Crippen molar-refractivity contribution in [1.82, 2.24) is 14.9 Å². The largest absolute Gasteiger partial charge is 0.356 e. The molecule has 2 unspecified atom stereocenters. The Balaban J connectivity index is 2.25. The number of sulfonamides is 1.